The number of aryl methyl sites for hydroxylation is 1. The Morgan fingerprint density at radius 1 is 1.00 bits per heavy atom. The van der Waals surface area contributed by atoms with Gasteiger partial charge in [0.2, 0.25) is 0 Å². The molecule has 6 heteroatoms. The Morgan fingerprint density at radius 3 is 2.41 bits per heavy atom. The lowest BCUT2D eigenvalue weighted by Crippen LogP contribution is -2.49. The van der Waals surface area contributed by atoms with Gasteiger partial charge in [0.05, 0.1) is 11.6 Å². The number of amides is 3. The average molecular weight is 425 g/mol. The number of nitriles is 1. The maximum Gasteiger partial charge on any atom is 0.324 e. The zero-order valence-electron chi connectivity index (χ0n) is 17.9. The fourth-order valence-corrected chi connectivity index (χ4v) is 3.82. The van der Waals surface area contributed by atoms with Crippen LogP contribution in [0, 0.1) is 18.3 Å². The summed E-state index contributed by atoms with van der Waals surface area (Å²) in [4.78, 5) is 29.2. The Labute approximate surface area is 187 Å². The predicted octanol–water partition coefficient (Wildman–Crippen LogP) is 4.95. The van der Waals surface area contributed by atoms with Crippen molar-refractivity contribution >= 4 is 23.3 Å². The van der Waals surface area contributed by atoms with Gasteiger partial charge in [-0.1, -0.05) is 30.3 Å². The van der Waals surface area contributed by atoms with Crippen LogP contribution in [0.3, 0.4) is 0 Å². The van der Waals surface area contributed by atoms with E-state index in [0.717, 1.165) is 23.2 Å². The van der Waals surface area contributed by atoms with E-state index in [1.54, 1.807) is 23.1 Å². The van der Waals surface area contributed by atoms with E-state index >= 15 is 0 Å². The molecule has 0 atom stereocenters. The van der Waals surface area contributed by atoms with Gasteiger partial charge in [0.1, 0.15) is 0 Å². The Morgan fingerprint density at radius 2 is 1.72 bits per heavy atom. The molecule has 0 saturated carbocycles. The second kappa shape index (κ2) is 9.36. The molecule has 1 fully saturated rings. The number of urea groups is 1. The van der Waals surface area contributed by atoms with Gasteiger partial charge in [0.25, 0.3) is 5.91 Å². The molecule has 0 spiro atoms. The Balaban J connectivity index is 1.42. The molecule has 1 N–H and O–H groups in total. The number of nitrogens with one attached hydrogen (secondary N) is 1. The lowest BCUT2D eigenvalue weighted by Gasteiger charge is -2.35. The number of carbonyl (C=O) groups is 2. The molecule has 3 aromatic rings. The summed E-state index contributed by atoms with van der Waals surface area (Å²) in [6.45, 7) is 3.76. The quantitative estimate of drug-likeness (QED) is 0.629. The fraction of sp³-hybridized carbons (Fsp3) is 0.192. The first-order valence-electron chi connectivity index (χ1n) is 10.6. The number of carbonyl (C=O) groups excluding carboxylic acids is 2. The van der Waals surface area contributed by atoms with Crippen LogP contribution in [0.5, 0.6) is 0 Å². The van der Waals surface area contributed by atoms with E-state index in [2.05, 4.69) is 11.4 Å². The highest BCUT2D eigenvalue weighted by molar-refractivity contribution is 6.05. The molecule has 0 bridgehead atoms. The third-order valence-corrected chi connectivity index (χ3v) is 5.59. The van der Waals surface area contributed by atoms with E-state index < -0.39 is 0 Å². The van der Waals surface area contributed by atoms with Crippen LogP contribution in [0.2, 0.25) is 0 Å². The molecule has 1 heterocycles. The van der Waals surface area contributed by atoms with Gasteiger partial charge in [-0.3, -0.25) is 9.69 Å². The van der Waals surface area contributed by atoms with E-state index in [1.165, 1.54) is 0 Å². The molecule has 32 heavy (non-hydrogen) atoms. The van der Waals surface area contributed by atoms with Gasteiger partial charge in [-0.25, -0.2) is 4.79 Å². The molecular weight excluding hydrogens is 400 g/mol. The summed E-state index contributed by atoms with van der Waals surface area (Å²) in [7, 11) is 0. The zero-order valence-corrected chi connectivity index (χ0v) is 17.9. The smallest absolute Gasteiger partial charge is 0.322 e. The largest absolute Gasteiger partial charge is 0.324 e. The van der Waals surface area contributed by atoms with E-state index in [9.17, 15) is 9.59 Å². The van der Waals surface area contributed by atoms with E-state index in [4.69, 9.17) is 5.26 Å². The fourth-order valence-electron chi connectivity index (χ4n) is 3.82. The summed E-state index contributed by atoms with van der Waals surface area (Å²) in [6, 6.07) is 24.2. The van der Waals surface area contributed by atoms with Gasteiger partial charge >= 0.3 is 6.03 Å². The van der Waals surface area contributed by atoms with Crippen molar-refractivity contribution in [2.75, 3.05) is 23.3 Å². The molecule has 4 rings (SSSR count). The Kier molecular flexibility index (Phi) is 6.18. The van der Waals surface area contributed by atoms with Gasteiger partial charge in [-0.05, 0) is 66.9 Å². The first kappa shape index (κ1) is 21.1. The maximum absolute atomic E-state index is 13.1. The van der Waals surface area contributed by atoms with Gasteiger partial charge in [-0.15, -0.1) is 0 Å². The van der Waals surface area contributed by atoms with Crippen molar-refractivity contribution in [1.82, 2.24) is 4.90 Å². The molecule has 0 radical (unpaired) electrons. The summed E-state index contributed by atoms with van der Waals surface area (Å²) >= 11 is 0. The normalized spacial score (nSPS) is 13.6. The number of nitrogens with zero attached hydrogens (tertiary/aromatic N) is 3. The summed E-state index contributed by atoms with van der Waals surface area (Å²) in [5.41, 5.74) is 4.64. The van der Waals surface area contributed by atoms with Crippen molar-refractivity contribution in [2.45, 2.75) is 19.9 Å². The van der Waals surface area contributed by atoms with Crippen LogP contribution in [-0.2, 0) is 6.54 Å². The minimum Gasteiger partial charge on any atom is -0.322 e. The van der Waals surface area contributed by atoms with Crippen molar-refractivity contribution in [3.05, 3.63) is 95.1 Å². The molecule has 0 aromatic heterocycles. The molecule has 3 amide bonds. The van der Waals surface area contributed by atoms with Crippen LogP contribution in [-0.4, -0.2) is 29.9 Å². The van der Waals surface area contributed by atoms with Crippen LogP contribution in [0.4, 0.5) is 16.2 Å². The predicted molar refractivity (Wildman–Crippen MR) is 125 cm³/mol. The Bertz CT molecular complexity index is 1160. The number of anilines is 2. The second-order valence-corrected chi connectivity index (χ2v) is 7.83. The summed E-state index contributed by atoms with van der Waals surface area (Å²) in [5, 5.41) is 11.9. The first-order chi connectivity index (χ1) is 15.5. The molecular formula is C26H24N4O2. The number of hydrogen-bond acceptors (Lipinski definition) is 3. The van der Waals surface area contributed by atoms with E-state index in [-0.39, 0.29) is 11.9 Å². The topological polar surface area (TPSA) is 76.4 Å². The van der Waals surface area contributed by atoms with Crippen molar-refractivity contribution in [3.8, 4) is 6.07 Å². The SMILES string of the molecule is Cc1ccccc1C(=O)Nc1ccc(N2CCCN(Cc3ccc(C#N)cc3)C2=O)cc1. The van der Waals surface area contributed by atoms with Crippen LogP contribution < -0.4 is 10.2 Å². The lowest BCUT2D eigenvalue weighted by molar-refractivity contribution is 0.102. The highest BCUT2D eigenvalue weighted by Crippen LogP contribution is 2.24. The third kappa shape index (κ3) is 4.62. The van der Waals surface area contributed by atoms with Crippen LogP contribution >= 0.6 is 0 Å². The summed E-state index contributed by atoms with van der Waals surface area (Å²) in [6.07, 6.45) is 0.869. The van der Waals surface area contributed by atoms with Gasteiger partial charge in [0.15, 0.2) is 0 Å². The average Bonchev–Trinajstić information content (AvgIpc) is 2.82. The molecule has 0 aliphatic carbocycles. The highest BCUT2D eigenvalue weighted by atomic mass is 16.2. The number of benzene rings is 3. The molecule has 160 valence electrons. The monoisotopic (exact) mass is 424 g/mol. The number of rotatable bonds is 5. The van der Waals surface area contributed by atoms with Crippen molar-refractivity contribution in [2.24, 2.45) is 0 Å². The molecule has 1 aliphatic rings. The van der Waals surface area contributed by atoms with Crippen molar-refractivity contribution in [3.63, 3.8) is 0 Å². The van der Waals surface area contributed by atoms with E-state index in [0.29, 0.717) is 36.4 Å². The van der Waals surface area contributed by atoms with Crippen LogP contribution in [0.1, 0.15) is 33.5 Å². The van der Waals surface area contributed by atoms with Crippen molar-refractivity contribution < 1.29 is 9.59 Å². The zero-order chi connectivity index (χ0) is 22.5. The molecule has 0 unspecified atom stereocenters. The maximum atomic E-state index is 13.1. The van der Waals surface area contributed by atoms with Crippen molar-refractivity contribution in [1.29, 1.82) is 5.26 Å². The molecule has 1 saturated heterocycles. The van der Waals surface area contributed by atoms with Crippen LogP contribution in [0.15, 0.2) is 72.8 Å². The summed E-state index contributed by atoms with van der Waals surface area (Å²) in [5.74, 6) is -0.154. The van der Waals surface area contributed by atoms with Crippen LogP contribution in [0.25, 0.3) is 0 Å². The van der Waals surface area contributed by atoms with Gasteiger partial charge in [-0.2, -0.15) is 5.26 Å². The minimum atomic E-state index is -0.154. The van der Waals surface area contributed by atoms with Gasteiger partial charge < -0.3 is 10.2 Å². The second-order valence-electron chi connectivity index (χ2n) is 7.83. The number of hydrogen-bond donors (Lipinski definition) is 1. The first-order valence-corrected chi connectivity index (χ1v) is 10.6. The molecule has 6 nitrogen and oxygen atoms in total. The molecule has 1 aliphatic heterocycles. The lowest BCUT2D eigenvalue weighted by atomic mass is 10.1. The van der Waals surface area contributed by atoms with E-state index in [1.807, 2.05) is 66.4 Å². The Hall–Kier alpha value is -4.11. The highest BCUT2D eigenvalue weighted by Gasteiger charge is 2.26. The summed E-state index contributed by atoms with van der Waals surface area (Å²) < 4.78 is 0. The van der Waals surface area contributed by atoms with Gasteiger partial charge in [0, 0.05) is 36.6 Å². The standard InChI is InChI=1S/C26H24N4O2/c1-19-5-2-3-6-24(19)25(31)28-22-11-13-23(14-12-22)30-16-4-15-29(26(30)32)18-21-9-7-20(17-27)8-10-21/h2-3,5-14H,4,15-16,18H2,1H3,(H,28,31). The minimum absolute atomic E-state index is 0.0442. The third-order valence-electron chi connectivity index (χ3n) is 5.59. The molecule has 3 aromatic carbocycles.